The van der Waals surface area contributed by atoms with E-state index < -0.39 is 5.60 Å². The number of hydrogen-bond donors (Lipinski definition) is 1. The standard InChI is InChI=1S/C18H25ClN2O2/c1-17(2,23)13-20-8-10-21(11-9-20)16(22)18(6-7-18)14-4-3-5-15(19)12-14/h3-5,12,23H,6-11,13H2,1-2H3. The van der Waals surface area contributed by atoms with E-state index >= 15 is 0 Å². The van der Waals surface area contributed by atoms with Crippen molar-refractivity contribution in [3.63, 3.8) is 0 Å². The number of nitrogens with zero attached hydrogens (tertiary/aromatic N) is 2. The number of amides is 1. The van der Waals surface area contributed by atoms with Crippen LogP contribution in [0.1, 0.15) is 32.3 Å². The van der Waals surface area contributed by atoms with Gasteiger partial charge >= 0.3 is 0 Å². The normalized spacial score (nSPS) is 21.3. The average Bonchev–Trinajstić information content (AvgIpc) is 3.27. The van der Waals surface area contributed by atoms with Crippen molar-refractivity contribution in [2.75, 3.05) is 32.7 Å². The molecule has 2 aliphatic rings. The smallest absolute Gasteiger partial charge is 0.233 e. The van der Waals surface area contributed by atoms with Gasteiger partial charge in [0.15, 0.2) is 0 Å². The van der Waals surface area contributed by atoms with E-state index in [-0.39, 0.29) is 11.3 Å². The Bertz CT molecular complexity index is 585. The van der Waals surface area contributed by atoms with Gasteiger partial charge in [0.1, 0.15) is 0 Å². The van der Waals surface area contributed by atoms with Crippen LogP contribution in [0.3, 0.4) is 0 Å². The first-order valence-electron chi connectivity index (χ1n) is 8.30. The highest BCUT2D eigenvalue weighted by molar-refractivity contribution is 6.30. The zero-order valence-corrected chi connectivity index (χ0v) is 14.6. The largest absolute Gasteiger partial charge is 0.389 e. The Morgan fingerprint density at radius 1 is 1.26 bits per heavy atom. The van der Waals surface area contributed by atoms with Gasteiger partial charge in [0.05, 0.1) is 11.0 Å². The van der Waals surface area contributed by atoms with Gasteiger partial charge in [0, 0.05) is 37.7 Å². The highest BCUT2D eigenvalue weighted by atomic mass is 35.5. The monoisotopic (exact) mass is 336 g/mol. The van der Waals surface area contributed by atoms with Gasteiger partial charge in [-0.2, -0.15) is 0 Å². The maximum atomic E-state index is 13.0. The van der Waals surface area contributed by atoms with E-state index in [4.69, 9.17) is 11.6 Å². The summed E-state index contributed by atoms with van der Waals surface area (Å²) >= 11 is 6.09. The third kappa shape index (κ3) is 3.70. The van der Waals surface area contributed by atoms with Crippen molar-refractivity contribution in [2.45, 2.75) is 37.7 Å². The Balaban J connectivity index is 1.64. The van der Waals surface area contributed by atoms with Crippen LogP contribution in [0.2, 0.25) is 5.02 Å². The predicted molar refractivity (Wildman–Crippen MR) is 91.7 cm³/mol. The number of β-amino-alcohol motifs (C(OH)–C–C–N with tert-alkyl or cyclic N) is 1. The SMILES string of the molecule is CC(C)(O)CN1CCN(C(=O)C2(c3cccc(Cl)c3)CC2)CC1. The second-order valence-corrected chi connectivity index (χ2v) is 7.91. The zero-order chi connectivity index (χ0) is 16.7. The fourth-order valence-corrected chi connectivity index (χ4v) is 3.69. The van der Waals surface area contributed by atoms with Crippen LogP contribution in [-0.4, -0.2) is 59.1 Å². The third-order valence-electron chi connectivity index (χ3n) is 4.81. The first kappa shape index (κ1) is 16.7. The molecule has 1 heterocycles. The summed E-state index contributed by atoms with van der Waals surface area (Å²) < 4.78 is 0. The number of benzene rings is 1. The molecule has 0 spiro atoms. The van der Waals surface area contributed by atoms with Crippen LogP contribution in [0, 0.1) is 0 Å². The van der Waals surface area contributed by atoms with Crippen molar-refractivity contribution in [3.05, 3.63) is 34.9 Å². The molecule has 1 aromatic carbocycles. The molecule has 23 heavy (non-hydrogen) atoms. The molecule has 0 bridgehead atoms. The first-order chi connectivity index (χ1) is 10.8. The molecular weight excluding hydrogens is 312 g/mol. The molecule has 1 saturated carbocycles. The van der Waals surface area contributed by atoms with E-state index in [0.29, 0.717) is 11.6 Å². The van der Waals surface area contributed by atoms with Crippen LogP contribution in [0.5, 0.6) is 0 Å². The van der Waals surface area contributed by atoms with E-state index in [2.05, 4.69) is 4.90 Å². The summed E-state index contributed by atoms with van der Waals surface area (Å²) in [5, 5.41) is 10.6. The van der Waals surface area contributed by atoms with Gasteiger partial charge in [-0.15, -0.1) is 0 Å². The Hall–Kier alpha value is -1.10. The summed E-state index contributed by atoms with van der Waals surface area (Å²) in [7, 11) is 0. The molecule has 126 valence electrons. The molecule has 5 heteroatoms. The van der Waals surface area contributed by atoms with Gasteiger partial charge < -0.3 is 10.0 Å². The molecule has 1 aliphatic carbocycles. The second-order valence-electron chi connectivity index (χ2n) is 7.47. The maximum Gasteiger partial charge on any atom is 0.233 e. The van der Waals surface area contributed by atoms with Crippen LogP contribution < -0.4 is 0 Å². The van der Waals surface area contributed by atoms with Gasteiger partial charge in [-0.1, -0.05) is 23.7 Å². The van der Waals surface area contributed by atoms with Gasteiger partial charge in [-0.3, -0.25) is 9.69 Å². The maximum absolute atomic E-state index is 13.0. The van der Waals surface area contributed by atoms with Gasteiger partial charge in [-0.25, -0.2) is 0 Å². The molecule has 1 N–H and O–H groups in total. The fraction of sp³-hybridized carbons (Fsp3) is 0.611. The molecule has 0 radical (unpaired) electrons. The summed E-state index contributed by atoms with van der Waals surface area (Å²) in [5.41, 5.74) is 0.0162. The fourth-order valence-electron chi connectivity index (χ4n) is 3.50. The van der Waals surface area contributed by atoms with E-state index in [9.17, 15) is 9.90 Å². The molecule has 2 fully saturated rings. The molecule has 1 aliphatic heterocycles. The molecule has 1 saturated heterocycles. The van der Waals surface area contributed by atoms with Gasteiger partial charge in [0.25, 0.3) is 0 Å². The molecule has 1 amide bonds. The van der Waals surface area contributed by atoms with Crippen molar-refractivity contribution in [2.24, 2.45) is 0 Å². The minimum Gasteiger partial charge on any atom is -0.389 e. The van der Waals surface area contributed by atoms with E-state index in [1.54, 1.807) is 0 Å². The number of halogens is 1. The predicted octanol–water partition coefficient (Wildman–Crippen LogP) is 2.29. The van der Waals surface area contributed by atoms with E-state index in [0.717, 1.165) is 44.6 Å². The van der Waals surface area contributed by atoms with Crippen LogP contribution >= 0.6 is 11.6 Å². The Kier molecular flexibility index (Phi) is 4.43. The van der Waals surface area contributed by atoms with E-state index in [1.807, 2.05) is 43.0 Å². The molecule has 0 aromatic heterocycles. The second kappa shape index (κ2) is 6.08. The molecule has 4 nitrogen and oxygen atoms in total. The third-order valence-corrected chi connectivity index (χ3v) is 5.04. The number of aliphatic hydroxyl groups is 1. The summed E-state index contributed by atoms with van der Waals surface area (Å²) in [6.45, 7) is 7.40. The summed E-state index contributed by atoms with van der Waals surface area (Å²) in [4.78, 5) is 17.2. The van der Waals surface area contributed by atoms with Crippen molar-refractivity contribution in [1.29, 1.82) is 0 Å². The Morgan fingerprint density at radius 3 is 2.43 bits per heavy atom. The number of rotatable bonds is 4. The Morgan fingerprint density at radius 2 is 1.91 bits per heavy atom. The molecular formula is C18H25ClN2O2. The number of piperazine rings is 1. The molecule has 0 unspecified atom stereocenters. The van der Waals surface area contributed by atoms with Crippen LogP contribution in [-0.2, 0) is 10.2 Å². The van der Waals surface area contributed by atoms with Crippen LogP contribution in [0.4, 0.5) is 0 Å². The summed E-state index contributed by atoms with van der Waals surface area (Å²) in [5.74, 6) is 0.239. The van der Waals surface area contributed by atoms with Crippen LogP contribution in [0.25, 0.3) is 0 Å². The highest BCUT2D eigenvalue weighted by Crippen LogP contribution is 2.50. The summed E-state index contributed by atoms with van der Waals surface area (Å²) in [6.07, 6.45) is 1.83. The molecule has 3 rings (SSSR count). The Labute approximate surface area is 143 Å². The number of carbonyl (C=O) groups is 1. The van der Waals surface area contributed by atoms with Gasteiger partial charge in [-0.05, 0) is 44.4 Å². The lowest BCUT2D eigenvalue weighted by atomic mass is 9.94. The topological polar surface area (TPSA) is 43.8 Å². The lowest BCUT2D eigenvalue weighted by Gasteiger charge is -2.38. The molecule has 1 aromatic rings. The number of carbonyl (C=O) groups excluding carboxylic acids is 1. The van der Waals surface area contributed by atoms with Gasteiger partial charge in [0.2, 0.25) is 5.91 Å². The average molecular weight is 337 g/mol. The quantitative estimate of drug-likeness (QED) is 0.917. The minimum atomic E-state index is -0.690. The van der Waals surface area contributed by atoms with E-state index in [1.165, 1.54) is 0 Å². The zero-order valence-electron chi connectivity index (χ0n) is 13.9. The molecule has 0 atom stereocenters. The minimum absolute atomic E-state index is 0.239. The van der Waals surface area contributed by atoms with Crippen molar-refractivity contribution < 1.29 is 9.90 Å². The van der Waals surface area contributed by atoms with Crippen LogP contribution in [0.15, 0.2) is 24.3 Å². The lowest BCUT2D eigenvalue weighted by molar-refractivity contribution is -0.136. The van der Waals surface area contributed by atoms with Crippen molar-refractivity contribution in [3.8, 4) is 0 Å². The first-order valence-corrected chi connectivity index (χ1v) is 8.68. The number of hydrogen-bond acceptors (Lipinski definition) is 3. The van der Waals surface area contributed by atoms with Crippen molar-refractivity contribution >= 4 is 17.5 Å². The van der Waals surface area contributed by atoms with Crippen molar-refractivity contribution in [1.82, 2.24) is 9.80 Å². The summed E-state index contributed by atoms with van der Waals surface area (Å²) in [6, 6.07) is 7.71. The highest BCUT2D eigenvalue weighted by Gasteiger charge is 2.53. The lowest BCUT2D eigenvalue weighted by Crippen LogP contribution is -2.53.